The average Bonchev–Trinajstić information content (AvgIpc) is 2.94. The zero-order chi connectivity index (χ0) is 19.2. The fraction of sp³-hybridized carbons (Fsp3) is 0.105. The Morgan fingerprint density at radius 2 is 2.04 bits per heavy atom. The number of nitrogens with one attached hydrogen (secondary N) is 1. The Kier molecular flexibility index (Phi) is 5.77. The van der Waals surface area contributed by atoms with Crippen molar-refractivity contribution < 1.29 is 24.5 Å². The second-order valence-electron chi connectivity index (χ2n) is 5.57. The number of aliphatic imine (C=N–C) groups is 1. The summed E-state index contributed by atoms with van der Waals surface area (Å²) >= 11 is 1.19. The van der Waals surface area contributed by atoms with Gasteiger partial charge in [-0.3, -0.25) is 9.59 Å². The number of carboxylic acids is 1. The number of carbonyl (C=O) groups excluding carboxylic acids is 1. The smallest absolute Gasteiger partial charge is 0.306 e. The molecule has 0 unspecified atom stereocenters. The molecule has 1 amide bonds. The van der Waals surface area contributed by atoms with Gasteiger partial charge in [0.2, 0.25) is 0 Å². The molecule has 1 fully saturated rings. The number of carboxylic acid groups (broad SMARTS) is 1. The van der Waals surface area contributed by atoms with Gasteiger partial charge in [-0.15, -0.1) is 0 Å². The zero-order valence-corrected chi connectivity index (χ0v) is 14.9. The third-order valence-electron chi connectivity index (χ3n) is 3.45. The van der Waals surface area contributed by atoms with Crippen LogP contribution in [0, 0.1) is 0 Å². The lowest BCUT2D eigenvalue weighted by molar-refractivity contribution is -0.137. The number of benzene rings is 2. The molecule has 7 nitrogen and oxygen atoms in total. The maximum absolute atomic E-state index is 12.2. The van der Waals surface area contributed by atoms with Crippen LogP contribution in [0.1, 0.15) is 12.0 Å². The molecule has 3 N–H and O–H groups in total. The molecule has 0 bridgehead atoms. The molecule has 3 rings (SSSR count). The molecular weight excluding hydrogens is 368 g/mol. The Labute approximate surface area is 159 Å². The molecule has 0 aliphatic carbocycles. The molecular formula is C19H16N2O5S. The number of hydrogen-bond donors (Lipinski definition) is 3. The van der Waals surface area contributed by atoms with E-state index in [1.54, 1.807) is 42.5 Å². The average molecular weight is 384 g/mol. The number of aliphatic carboxylic acids is 1. The molecule has 1 saturated heterocycles. The number of amidine groups is 1. The van der Waals surface area contributed by atoms with Gasteiger partial charge in [0.05, 0.1) is 23.6 Å². The first kappa shape index (κ1) is 18.5. The number of hydrogen-bond acceptors (Lipinski definition) is 6. The minimum Gasteiger partial charge on any atom is -0.508 e. The van der Waals surface area contributed by atoms with Crippen molar-refractivity contribution >= 4 is 40.6 Å². The first-order valence-electron chi connectivity index (χ1n) is 8.03. The Hall–Kier alpha value is -3.26. The first-order chi connectivity index (χ1) is 13.0. The van der Waals surface area contributed by atoms with Crippen molar-refractivity contribution in [3.63, 3.8) is 0 Å². The van der Waals surface area contributed by atoms with E-state index in [1.807, 2.05) is 6.07 Å². The van der Waals surface area contributed by atoms with E-state index in [4.69, 9.17) is 9.84 Å². The molecule has 8 heteroatoms. The number of nitrogens with zero attached hydrogens (tertiary/aromatic N) is 1. The van der Waals surface area contributed by atoms with Crippen molar-refractivity contribution in [1.82, 2.24) is 5.32 Å². The Morgan fingerprint density at radius 3 is 2.81 bits per heavy atom. The summed E-state index contributed by atoms with van der Waals surface area (Å²) in [6, 6.07) is 13.5. The molecule has 138 valence electrons. The monoisotopic (exact) mass is 384 g/mol. The lowest BCUT2D eigenvalue weighted by Gasteiger charge is -2.05. The minimum absolute atomic E-state index is 0.0747. The summed E-state index contributed by atoms with van der Waals surface area (Å²) in [7, 11) is 0. The van der Waals surface area contributed by atoms with Crippen LogP contribution in [-0.4, -0.2) is 33.9 Å². The molecule has 1 aliphatic rings. The Balaban J connectivity index is 1.72. The number of phenols is 1. The normalized spacial score (nSPS) is 16.5. The van der Waals surface area contributed by atoms with Gasteiger partial charge >= 0.3 is 5.97 Å². The number of phenolic OH excluding ortho intramolecular Hbond substituents is 1. The van der Waals surface area contributed by atoms with Crippen molar-refractivity contribution in [2.24, 2.45) is 4.99 Å². The van der Waals surface area contributed by atoms with E-state index in [0.29, 0.717) is 21.5 Å². The molecule has 1 aliphatic heterocycles. The Morgan fingerprint density at radius 1 is 1.22 bits per heavy atom. The number of amides is 1. The van der Waals surface area contributed by atoms with Gasteiger partial charge in [0.1, 0.15) is 11.5 Å². The number of aromatic hydroxyl groups is 1. The highest BCUT2D eigenvalue weighted by Gasteiger charge is 2.23. The summed E-state index contributed by atoms with van der Waals surface area (Å²) in [5.41, 5.74) is 1.28. The van der Waals surface area contributed by atoms with Crippen LogP contribution < -0.4 is 10.1 Å². The summed E-state index contributed by atoms with van der Waals surface area (Å²) < 4.78 is 5.40. The maximum atomic E-state index is 12.2. The van der Waals surface area contributed by atoms with Crippen LogP contribution in [0.15, 0.2) is 58.4 Å². The molecule has 2 aromatic carbocycles. The van der Waals surface area contributed by atoms with Gasteiger partial charge in [0.15, 0.2) is 5.17 Å². The summed E-state index contributed by atoms with van der Waals surface area (Å²) in [5, 5.41) is 21.2. The lowest BCUT2D eigenvalue weighted by Crippen LogP contribution is -2.19. The molecule has 2 aromatic rings. The van der Waals surface area contributed by atoms with Gasteiger partial charge in [-0.2, -0.15) is 0 Å². The highest BCUT2D eigenvalue weighted by molar-refractivity contribution is 8.18. The van der Waals surface area contributed by atoms with Crippen molar-refractivity contribution in [3.05, 3.63) is 59.0 Å². The summed E-state index contributed by atoms with van der Waals surface area (Å²) in [5.74, 6) is -0.564. The van der Waals surface area contributed by atoms with Crippen molar-refractivity contribution in [3.8, 4) is 11.5 Å². The van der Waals surface area contributed by atoms with E-state index in [9.17, 15) is 14.7 Å². The van der Waals surface area contributed by atoms with Crippen LogP contribution in [0.2, 0.25) is 0 Å². The number of carbonyl (C=O) groups is 2. The van der Waals surface area contributed by atoms with Gasteiger partial charge in [0.25, 0.3) is 5.91 Å². The molecule has 1 heterocycles. The number of thioether (sulfide) groups is 1. The zero-order valence-electron chi connectivity index (χ0n) is 14.1. The summed E-state index contributed by atoms with van der Waals surface area (Å²) in [4.78, 5) is 27.5. The topological polar surface area (TPSA) is 108 Å². The second kappa shape index (κ2) is 8.41. The second-order valence-corrected chi connectivity index (χ2v) is 6.60. The third-order valence-corrected chi connectivity index (χ3v) is 4.36. The summed E-state index contributed by atoms with van der Waals surface area (Å²) in [6.07, 6.45) is 1.62. The van der Waals surface area contributed by atoms with Crippen LogP contribution in [0.4, 0.5) is 5.69 Å². The van der Waals surface area contributed by atoms with Gasteiger partial charge in [-0.25, -0.2) is 4.99 Å². The standard InChI is InChI=1S/C19H16N2O5S/c22-14-5-2-4-13(11-14)20-19-21-18(25)16(27-19)10-12-3-1-6-15(9-12)26-8-7-17(23)24/h1-6,9-11,22H,7-8H2,(H,23,24)(H,20,21,25)/b16-10-. The van der Waals surface area contributed by atoms with Crippen LogP contribution in [0.5, 0.6) is 11.5 Å². The fourth-order valence-corrected chi connectivity index (χ4v) is 3.10. The Bertz CT molecular complexity index is 939. The highest BCUT2D eigenvalue weighted by atomic mass is 32.2. The van der Waals surface area contributed by atoms with Crippen LogP contribution in [0.3, 0.4) is 0 Å². The molecule has 27 heavy (non-hydrogen) atoms. The van der Waals surface area contributed by atoms with E-state index in [0.717, 1.165) is 5.56 Å². The van der Waals surface area contributed by atoms with E-state index in [2.05, 4.69) is 10.3 Å². The summed E-state index contributed by atoms with van der Waals surface area (Å²) in [6.45, 7) is 0.0747. The molecule has 0 atom stereocenters. The third kappa shape index (κ3) is 5.35. The van der Waals surface area contributed by atoms with E-state index < -0.39 is 5.97 Å². The quantitative estimate of drug-likeness (QED) is 0.661. The van der Waals surface area contributed by atoms with E-state index >= 15 is 0 Å². The van der Waals surface area contributed by atoms with Gasteiger partial charge in [-0.05, 0) is 47.7 Å². The largest absolute Gasteiger partial charge is 0.508 e. The van der Waals surface area contributed by atoms with Gasteiger partial charge < -0.3 is 20.3 Å². The maximum Gasteiger partial charge on any atom is 0.306 e. The predicted octanol–water partition coefficient (Wildman–Crippen LogP) is 3.14. The van der Waals surface area contributed by atoms with Crippen molar-refractivity contribution in [1.29, 1.82) is 0 Å². The number of ether oxygens (including phenoxy) is 1. The van der Waals surface area contributed by atoms with Crippen LogP contribution in [0.25, 0.3) is 6.08 Å². The molecule has 0 aromatic heterocycles. The van der Waals surface area contributed by atoms with E-state index in [-0.39, 0.29) is 24.7 Å². The minimum atomic E-state index is -0.925. The lowest BCUT2D eigenvalue weighted by atomic mass is 10.2. The predicted molar refractivity (Wildman–Crippen MR) is 103 cm³/mol. The first-order valence-corrected chi connectivity index (χ1v) is 8.84. The van der Waals surface area contributed by atoms with Gasteiger partial charge in [-0.1, -0.05) is 18.2 Å². The van der Waals surface area contributed by atoms with Gasteiger partial charge in [0, 0.05) is 6.07 Å². The van der Waals surface area contributed by atoms with Crippen LogP contribution >= 0.6 is 11.8 Å². The van der Waals surface area contributed by atoms with E-state index in [1.165, 1.54) is 17.8 Å². The molecule has 0 spiro atoms. The SMILES string of the molecule is O=C(O)CCOc1cccc(/C=C2\SC(=Nc3cccc(O)c3)NC2=O)c1. The highest BCUT2D eigenvalue weighted by Crippen LogP contribution is 2.29. The van der Waals surface area contributed by atoms with Crippen LogP contribution in [-0.2, 0) is 9.59 Å². The number of rotatable bonds is 6. The molecule has 0 radical (unpaired) electrons. The fourth-order valence-electron chi connectivity index (χ4n) is 2.26. The molecule has 0 saturated carbocycles. The van der Waals surface area contributed by atoms with Crippen molar-refractivity contribution in [2.75, 3.05) is 6.61 Å². The van der Waals surface area contributed by atoms with Crippen molar-refractivity contribution in [2.45, 2.75) is 6.42 Å².